The maximum Gasteiger partial charge on any atom is 0.253 e. The molecule has 2 unspecified atom stereocenters. The molecule has 19 heavy (non-hydrogen) atoms. The van der Waals surface area contributed by atoms with E-state index in [-0.39, 0.29) is 12.0 Å². The van der Waals surface area contributed by atoms with E-state index in [1.54, 1.807) is 19.1 Å². The van der Waals surface area contributed by atoms with E-state index in [9.17, 15) is 4.79 Å². The Balaban J connectivity index is 1.93. The van der Waals surface area contributed by atoms with Crippen LogP contribution in [0, 0.1) is 6.92 Å². The van der Waals surface area contributed by atoms with E-state index < -0.39 is 6.10 Å². The van der Waals surface area contributed by atoms with Crippen molar-refractivity contribution in [2.24, 2.45) is 0 Å². The molecule has 0 bridgehead atoms. The molecule has 1 fully saturated rings. The van der Waals surface area contributed by atoms with Gasteiger partial charge in [-0.2, -0.15) is 0 Å². The highest BCUT2D eigenvalue weighted by Gasteiger charge is 2.23. The summed E-state index contributed by atoms with van der Waals surface area (Å²) in [4.78, 5) is 12.0. The molecule has 2 atom stereocenters. The molecule has 1 aliphatic rings. The number of nitrogens with two attached hydrogens (primary N) is 1. The van der Waals surface area contributed by atoms with E-state index in [1.165, 1.54) is 0 Å². The Morgan fingerprint density at radius 2 is 2.37 bits per heavy atom. The lowest BCUT2D eigenvalue weighted by Gasteiger charge is -2.18. The first kappa shape index (κ1) is 13.8. The van der Waals surface area contributed by atoms with Crippen LogP contribution in [0.2, 0.25) is 0 Å². The zero-order valence-corrected chi connectivity index (χ0v) is 11.3. The van der Waals surface area contributed by atoms with Crippen molar-refractivity contribution in [1.82, 2.24) is 0 Å². The molecule has 5 nitrogen and oxygen atoms in total. The van der Waals surface area contributed by atoms with Gasteiger partial charge in [0, 0.05) is 18.0 Å². The fourth-order valence-electron chi connectivity index (χ4n) is 1.98. The number of anilines is 2. The summed E-state index contributed by atoms with van der Waals surface area (Å²) in [6, 6.07) is 5.43. The molecular formula is C14H20N2O3. The monoisotopic (exact) mass is 264 g/mol. The number of aryl methyl sites for hydroxylation is 1. The van der Waals surface area contributed by atoms with Crippen LogP contribution in [-0.2, 0) is 14.3 Å². The first-order valence-electron chi connectivity index (χ1n) is 6.46. The Morgan fingerprint density at radius 3 is 3.05 bits per heavy atom. The SMILES string of the molecule is Cc1ccc(N)cc1NC(=O)C(C)OC1CCOC1. The minimum Gasteiger partial charge on any atom is -0.399 e. The highest BCUT2D eigenvalue weighted by molar-refractivity contribution is 5.95. The van der Waals surface area contributed by atoms with Crippen molar-refractivity contribution in [2.75, 3.05) is 24.3 Å². The van der Waals surface area contributed by atoms with Crippen LogP contribution in [-0.4, -0.2) is 31.3 Å². The molecule has 2 rings (SSSR count). The number of hydrogen-bond acceptors (Lipinski definition) is 4. The molecule has 1 saturated heterocycles. The zero-order valence-electron chi connectivity index (χ0n) is 11.3. The Labute approximate surface area is 113 Å². The molecular weight excluding hydrogens is 244 g/mol. The van der Waals surface area contributed by atoms with Crippen LogP contribution in [0.5, 0.6) is 0 Å². The number of ether oxygens (including phenoxy) is 2. The summed E-state index contributed by atoms with van der Waals surface area (Å²) in [5.41, 5.74) is 8.03. The first-order chi connectivity index (χ1) is 9.06. The van der Waals surface area contributed by atoms with Crippen LogP contribution in [0.4, 0.5) is 11.4 Å². The second-order valence-corrected chi connectivity index (χ2v) is 4.83. The van der Waals surface area contributed by atoms with Crippen molar-refractivity contribution >= 4 is 17.3 Å². The maximum atomic E-state index is 12.0. The van der Waals surface area contributed by atoms with Gasteiger partial charge in [-0.25, -0.2) is 0 Å². The van der Waals surface area contributed by atoms with E-state index in [2.05, 4.69) is 5.32 Å². The third kappa shape index (κ3) is 3.68. The predicted molar refractivity (Wildman–Crippen MR) is 74.0 cm³/mol. The summed E-state index contributed by atoms with van der Waals surface area (Å²) in [7, 11) is 0. The molecule has 0 aliphatic carbocycles. The van der Waals surface area contributed by atoms with Crippen LogP contribution in [0.15, 0.2) is 18.2 Å². The first-order valence-corrected chi connectivity index (χ1v) is 6.46. The molecule has 0 radical (unpaired) electrons. The van der Waals surface area contributed by atoms with Gasteiger partial charge >= 0.3 is 0 Å². The number of rotatable bonds is 4. The minimum atomic E-state index is -0.507. The Hall–Kier alpha value is -1.59. The number of benzene rings is 1. The highest BCUT2D eigenvalue weighted by atomic mass is 16.6. The lowest BCUT2D eigenvalue weighted by molar-refractivity contribution is -0.129. The van der Waals surface area contributed by atoms with E-state index in [1.807, 2.05) is 13.0 Å². The number of nitrogen functional groups attached to an aromatic ring is 1. The van der Waals surface area contributed by atoms with Crippen molar-refractivity contribution in [1.29, 1.82) is 0 Å². The van der Waals surface area contributed by atoms with E-state index >= 15 is 0 Å². The summed E-state index contributed by atoms with van der Waals surface area (Å²) >= 11 is 0. The highest BCUT2D eigenvalue weighted by Crippen LogP contribution is 2.19. The average molecular weight is 264 g/mol. The third-order valence-electron chi connectivity index (χ3n) is 3.17. The Kier molecular flexibility index (Phi) is 4.39. The molecule has 0 saturated carbocycles. The summed E-state index contributed by atoms with van der Waals surface area (Å²) in [6.45, 7) is 4.93. The predicted octanol–water partition coefficient (Wildman–Crippen LogP) is 1.71. The van der Waals surface area contributed by atoms with E-state index in [0.717, 1.165) is 17.7 Å². The maximum absolute atomic E-state index is 12.0. The van der Waals surface area contributed by atoms with Gasteiger partial charge in [0.15, 0.2) is 0 Å². The molecule has 0 aromatic heterocycles. The molecule has 5 heteroatoms. The van der Waals surface area contributed by atoms with Crippen LogP contribution in [0.3, 0.4) is 0 Å². The van der Waals surface area contributed by atoms with Crippen molar-refractivity contribution in [3.8, 4) is 0 Å². The largest absolute Gasteiger partial charge is 0.399 e. The smallest absolute Gasteiger partial charge is 0.253 e. The topological polar surface area (TPSA) is 73.6 Å². The number of nitrogens with one attached hydrogen (secondary N) is 1. The van der Waals surface area contributed by atoms with Crippen molar-refractivity contribution in [3.05, 3.63) is 23.8 Å². The summed E-state index contributed by atoms with van der Waals surface area (Å²) < 4.78 is 10.9. The van der Waals surface area contributed by atoms with Gasteiger partial charge in [-0.15, -0.1) is 0 Å². The van der Waals surface area contributed by atoms with Gasteiger partial charge in [0.25, 0.3) is 5.91 Å². The van der Waals surface area contributed by atoms with Crippen LogP contribution in [0.25, 0.3) is 0 Å². The van der Waals surface area contributed by atoms with Crippen molar-refractivity contribution in [2.45, 2.75) is 32.5 Å². The zero-order chi connectivity index (χ0) is 13.8. The molecule has 1 amide bonds. The fourth-order valence-corrected chi connectivity index (χ4v) is 1.98. The van der Waals surface area contributed by atoms with Crippen molar-refractivity contribution in [3.63, 3.8) is 0 Å². The number of carbonyl (C=O) groups is 1. The summed E-state index contributed by atoms with van der Waals surface area (Å²) in [5.74, 6) is -0.166. The van der Waals surface area contributed by atoms with Gasteiger partial charge in [0.2, 0.25) is 0 Å². The Morgan fingerprint density at radius 1 is 1.58 bits per heavy atom. The van der Waals surface area contributed by atoms with Crippen LogP contribution in [0.1, 0.15) is 18.9 Å². The summed E-state index contributed by atoms with van der Waals surface area (Å²) in [5, 5.41) is 2.84. The molecule has 1 heterocycles. The number of carbonyl (C=O) groups excluding carboxylic acids is 1. The molecule has 3 N–H and O–H groups in total. The standard InChI is InChI=1S/C14H20N2O3/c1-9-3-4-11(15)7-13(9)16-14(17)10(2)19-12-5-6-18-8-12/h3-4,7,10,12H,5-6,8,15H2,1-2H3,(H,16,17). The number of hydrogen-bond donors (Lipinski definition) is 2. The Bertz CT molecular complexity index is 456. The molecule has 1 aliphatic heterocycles. The quantitative estimate of drug-likeness (QED) is 0.812. The lowest BCUT2D eigenvalue weighted by atomic mass is 10.1. The van der Waals surface area contributed by atoms with E-state index in [4.69, 9.17) is 15.2 Å². The van der Waals surface area contributed by atoms with Crippen LogP contribution < -0.4 is 11.1 Å². The van der Waals surface area contributed by atoms with Gasteiger partial charge in [0.1, 0.15) is 6.10 Å². The normalized spacial score (nSPS) is 20.2. The van der Waals surface area contributed by atoms with Gasteiger partial charge < -0.3 is 20.5 Å². The van der Waals surface area contributed by atoms with Crippen molar-refractivity contribution < 1.29 is 14.3 Å². The van der Waals surface area contributed by atoms with Gasteiger partial charge in [-0.3, -0.25) is 4.79 Å². The van der Waals surface area contributed by atoms with Crippen LogP contribution >= 0.6 is 0 Å². The molecule has 104 valence electrons. The second kappa shape index (κ2) is 6.04. The second-order valence-electron chi connectivity index (χ2n) is 4.83. The average Bonchev–Trinajstić information content (AvgIpc) is 2.86. The molecule has 0 spiro atoms. The van der Waals surface area contributed by atoms with Gasteiger partial charge in [0.05, 0.1) is 12.7 Å². The number of amides is 1. The van der Waals surface area contributed by atoms with Gasteiger partial charge in [-0.1, -0.05) is 6.07 Å². The van der Waals surface area contributed by atoms with Gasteiger partial charge in [-0.05, 0) is 38.0 Å². The van der Waals surface area contributed by atoms with E-state index in [0.29, 0.717) is 18.9 Å². The fraction of sp³-hybridized carbons (Fsp3) is 0.500. The molecule has 1 aromatic rings. The third-order valence-corrected chi connectivity index (χ3v) is 3.17. The summed E-state index contributed by atoms with van der Waals surface area (Å²) in [6.07, 6.45) is 0.352. The molecule has 1 aromatic carbocycles. The minimum absolute atomic E-state index is 0.0164. The lowest BCUT2D eigenvalue weighted by Crippen LogP contribution is -2.32.